The highest BCUT2D eigenvalue weighted by Crippen LogP contribution is 2.33. The molecule has 1 saturated carbocycles. The van der Waals surface area contributed by atoms with Crippen LogP contribution in [0.4, 0.5) is 0 Å². The summed E-state index contributed by atoms with van der Waals surface area (Å²) in [6, 6.07) is 0.615. The van der Waals surface area contributed by atoms with Gasteiger partial charge < -0.3 is 10.3 Å². The van der Waals surface area contributed by atoms with E-state index in [1.54, 1.807) is 11.8 Å². The van der Waals surface area contributed by atoms with Crippen LogP contribution in [0.5, 0.6) is 0 Å². The van der Waals surface area contributed by atoms with Crippen molar-refractivity contribution >= 4 is 11.8 Å². The van der Waals surface area contributed by atoms with E-state index in [9.17, 15) is 0 Å². The maximum atomic E-state index is 5.59. The lowest BCUT2D eigenvalue weighted by atomic mass is 10.2. The number of nitrogens with two attached hydrogens (primary N) is 1. The van der Waals surface area contributed by atoms with Crippen molar-refractivity contribution in [2.75, 3.05) is 12.8 Å². The molecule has 0 atom stereocenters. The van der Waals surface area contributed by atoms with Gasteiger partial charge in [0.15, 0.2) is 5.16 Å². The van der Waals surface area contributed by atoms with Crippen molar-refractivity contribution in [2.24, 2.45) is 5.73 Å². The van der Waals surface area contributed by atoms with Gasteiger partial charge in [0, 0.05) is 12.5 Å². The van der Waals surface area contributed by atoms with Gasteiger partial charge in [-0.2, -0.15) is 0 Å². The lowest BCUT2D eigenvalue weighted by Gasteiger charge is -2.15. The summed E-state index contributed by atoms with van der Waals surface area (Å²) >= 11 is 1.68. The van der Waals surface area contributed by atoms with Crippen LogP contribution in [0.3, 0.4) is 0 Å². The quantitative estimate of drug-likeness (QED) is 0.793. The van der Waals surface area contributed by atoms with E-state index >= 15 is 0 Å². The molecule has 0 spiro atoms. The Kier molecular flexibility index (Phi) is 3.64. The second-order valence-corrected chi connectivity index (χ2v) is 4.72. The normalized spacial score (nSPS) is 17.5. The SMILES string of the molecule is CSc1nnc(CCN)n1C1CCCC1. The first kappa shape index (κ1) is 11.0. The first-order valence-corrected chi connectivity index (χ1v) is 6.77. The summed E-state index contributed by atoms with van der Waals surface area (Å²) in [6.45, 7) is 0.652. The number of rotatable bonds is 4. The summed E-state index contributed by atoms with van der Waals surface area (Å²) in [5.74, 6) is 1.06. The monoisotopic (exact) mass is 226 g/mol. The molecule has 0 aromatic carbocycles. The minimum atomic E-state index is 0.615. The van der Waals surface area contributed by atoms with Gasteiger partial charge in [-0.05, 0) is 25.6 Å². The van der Waals surface area contributed by atoms with Gasteiger partial charge in [0.05, 0.1) is 0 Å². The Balaban J connectivity index is 2.27. The molecule has 1 aliphatic rings. The van der Waals surface area contributed by atoms with E-state index in [0.29, 0.717) is 12.6 Å². The van der Waals surface area contributed by atoms with Crippen LogP contribution in [0.1, 0.15) is 37.5 Å². The molecule has 0 saturated heterocycles. The minimum Gasteiger partial charge on any atom is -0.330 e. The van der Waals surface area contributed by atoms with Crippen LogP contribution in [-0.2, 0) is 6.42 Å². The van der Waals surface area contributed by atoms with Crippen molar-refractivity contribution in [1.29, 1.82) is 0 Å². The molecule has 0 aliphatic heterocycles. The third kappa shape index (κ3) is 2.18. The molecule has 1 fully saturated rings. The predicted octanol–water partition coefficient (Wildman–Crippen LogP) is 1.62. The van der Waals surface area contributed by atoms with Crippen LogP contribution in [0, 0.1) is 0 Å². The van der Waals surface area contributed by atoms with Crippen LogP contribution in [0.2, 0.25) is 0 Å². The molecular formula is C10H18N4S. The van der Waals surface area contributed by atoms with Gasteiger partial charge in [-0.25, -0.2) is 0 Å². The summed E-state index contributed by atoms with van der Waals surface area (Å²) in [7, 11) is 0. The van der Waals surface area contributed by atoms with Crippen LogP contribution in [-0.4, -0.2) is 27.6 Å². The zero-order chi connectivity index (χ0) is 10.7. The van der Waals surface area contributed by atoms with Crippen molar-refractivity contribution in [1.82, 2.24) is 14.8 Å². The standard InChI is InChI=1S/C10H18N4S/c1-15-10-13-12-9(6-7-11)14(10)8-4-2-3-5-8/h8H,2-7,11H2,1H3. The Morgan fingerprint density at radius 2 is 2.13 bits per heavy atom. The maximum absolute atomic E-state index is 5.59. The fourth-order valence-electron chi connectivity index (χ4n) is 2.28. The number of nitrogens with zero attached hydrogens (tertiary/aromatic N) is 3. The van der Waals surface area contributed by atoms with E-state index in [0.717, 1.165) is 17.4 Å². The molecule has 84 valence electrons. The summed E-state index contributed by atoms with van der Waals surface area (Å²) in [5.41, 5.74) is 5.59. The zero-order valence-corrected chi connectivity index (χ0v) is 9.96. The highest BCUT2D eigenvalue weighted by Gasteiger charge is 2.22. The molecule has 0 amide bonds. The first-order chi connectivity index (χ1) is 7.36. The van der Waals surface area contributed by atoms with Crippen molar-refractivity contribution in [2.45, 2.75) is 43.3 Å². The molecular weight excluding hydrogens is 208 g/mol. The maximum Gasteiger partial charge on any atom is 0.191 e. The van der Waals surface area contributed by atoms with E-state index in [1.165, 1.54) is 25.7 Å². The first-order valence-electron chi connectivity index (χ1n) is 5.54. The molecule has 1 aliphatic carbocycles. The van der Waals surface area contributed by atoms with Crippen molar-refractivity contribution in [3.8, 4) is 0 Å². The molecule has 2 rings (SSSR count). The molecule has 0 radical (unpaired) electrons. The van der Waals surface area contributed by atoms with Crippen molar-refractivity contribution < 1.29 is 0 Å². The molecule has 0 bridgehead atoms. The molecule has 1 aromatic rings. The molecule has 15 heavy (non-hydrogen) atoms. The minimum absolute atomic E-state index is 0.615. The van der Waals surface area contributed by atoms with E-state index in [2.05, 4.69) is 21.0 Å². The fourth-order valence-corrected chi connectivity index (χ4v) is 2.85. The number of hydrogen-bond acceptors (Lipinski definition) is 4. The Morgan fingerprint density at radius 1 is 1.40 bits per heavy atom. The summed E-state index contributed by atoms with van der Waals surface area (Å²) < 4.78 is 2.31. The van der Waals surface area contributed by atoms with E-state index in [4.69, 9.17) is 5.73 Å². The van der Waals surface area contributed by atoms with Gasteiger partial charge in [0.2, 0.25) is 0 Å². The Hall–Kier alpha value is -0.550. The van der Waals surface area contributed by atoms with E-state index in [1.807, 2.05) is 0 Å². The Morgan fingerprint density at radius 3 is 2.73 bits per heavy atom. The number of hydrogen-bond donors (Lipinski definition) is 1. The second kappa shape index (κ2) is 4.99. The van der Waals surface area contributed by atoms with Gasteiger partial charge in [-0.15, -0.1) is 10.2 Å². The third-order valence-corrected chi connectivity index (χ3v) is 3.62. The van der Waals surface area contributed by atoms with Gasteiger partial charge >= 0.3 is 0 Å². The van der Waals surface area contributed by atoms with Gasteiger partial charge in [-0.1, -0.05) is 24.6 Å². The van der Waals surface area contributed by atoms with Crippen molar-refractivity contribution in [3.63, 3.8) is 0 Å². The molecule has 2 N–H and O–H groups in total. The zero-order valence-electron chi connectivity index (χ0n) is 9.15. The second-order valence-electron chi connectivity index (χ2n) is 3.95. The summed E-state index contributed by atoms with van der Waals surface area (Å²) in [4.78, 5) is 0. The van der Waals surface area contributed by atoms with Crippen LogP contribution >= 0.6 is 11.8 Å². The average molecular weight is 226 g/mol. The number of thioether (sulfide) groups is 1. The smallest absolute Gasteiger partial charge is 0.191 e. The van der Waals surface area contributed by atoms with E-state index < -0.39 is 0 Å². The third-order valence-electron chi connectivity index (χ3n) is 2.98. The van der Waals surface area contributed by atoms with Gasteiger partial charge in [0.1, 0.15) is 5.82 Å². The van der Waals surface area contributed by atoms with Crippen LogP contribution in [0.25, 0.3) is 0 Å². The topological polar surface area (TPSA) is 56.7 Å². The van der Waals surface area contributed by atoms with E-state index in [-0.39, 0.29) is 0 Å². The summed E-state index contributed by atoms with van der Waals surface area (Å²) in [6.07, 6.45) is 8.09. The predicted molar refractivity (Wildman–Crippen MR) is 62.1 cm³/mol. The Bertz CT molecular complexity index is 317. The molecule has 1 heterocycles. The lowest BCUT2D eigenvalue weighted by molar-refractivity contribution is 0.463. The largest absolute Gasteiger partial charge is 0.330 e. The highest BCUT2D eigenvalue weighted by molar-refractivity contribution is 7.98. The van der Waals surface area contributed by atoms with Gasteiger partial charge in [-0.3, -0.25) is 0 Å². The molecule has 0 unspecified atom stereocenters. The lowest BCUT2D eigenvalue weighted by Crippen LogP contribution is -2.14. The number of aromatic nitrogens is 3. The highest BCUT2D eigenvalue weighted by atomic mass is 32.2. The Labute approximate surface area is 94.6 Å². The van der Waals surface area contributed by atoms with Crippen LogP contribution < -0.4 is 5.73 Å². The van der Waals surface area contributed by atoms with Crippen LogP contribution in [0.15, 0.2) is 5.16 Å². The molecule has 1 aromatic heterocycles. The van der Waals surface area contributed by atoms with Gasteiger partial charge in [0.25, 0.3) is 0 Å². The molecule has 4 nitrogen and oxygen atoms in total. The molecule has 5 heteroatoms. The average Bonchev–Trinajstić information content (AvgIpc) is 2.85. The van der Waals surface area contributed by atoms with Crippen molar-refractivity contribution in [3.05, 3.63) is 5.82 Å². The fraction of sp³-hybridized carbons (Fsp3) is 0.800. The summed E-state index contributed by atoms with van der Waals surface area (Å²) in [5, 5.41) is 9.50.